The third-order valence-corrected chi connectivity index (χ3v) is 2.96. The molecule has 1 heterocycles. The van der Waals surface area contributed by atoms with Gasteiger partial charge in [-0.25, -0.2) is 4.79 Å². The largest absolute Gasteiger partial charge is 0.466 e. The monoisotopic (exact) mass is 292 g/mol. The normalized spacial score (nSPS) is 16.9. The van der Waals surface area contributed by atoms with Crippen molar-refractivity contribution < 1.29 is 19.1 Å². The van der Waals surface area contributed by atoms with E-state index in [0.29, 0.717) is 19.4 Å². The van der Waals surface area contributed by atoms with Crippen LogP contribution < -0.4 is 0 Å². The van der Waals surface area contributed by atoms with E-state index >= 15 is 0 Å². The number of hydrogen-bond acceptors (Lipinski definition) is 5. The molecule has 0 spiro atoms. The number of ether oxygens (including phenoxy) is 2. The molecule has 0 fully saturated rings. The minimum Gasteiger partial charge on any atom is -0.466 e. The van der Waals surface area contributed by atoms with Crippen molar-refractivity contribution in [1.82, 2.24) is 4.90 Å². The van der Waals surface area contributed by atoms with Crippen LogP contribution >= 0.6 is 0 Å². The summed E-state index contributed by atoms with van der Waals surface area (Å²) in [5, 5.41) is 8.69. The first-order valence-electron chi connectivity index (χ1n) is 6.98. The molecule has 1 unspecified atom stereocenters. The van der Waals surface area contributed by atoms with Crippen LogP contribution in [0.25, 0.3) is 0 Å². The number of carbonyl (C=O) groups excluding carboxylic acids is 2. The van der Waals surface area contributed by atoms with E-state index in [9.17, 15) is 9.59 Å². The summed E-state index contributed by atoms with van der Waals surface area (Å²) in [5.74, 6) is -0.385. The molecule has 1 aliphatic heterocycles. The van der Waals surface area contributed by atoms with Crippen molar-refractivity contribution in [2.24, 2.45) is 5.92 Å². The molecule has 1 amide bonds. The van der Waals surface area contributed by atoms with Crippen LogP contribution in [-0.4, -0.2) is 30.2 Å². The predicted molar refractivity (Wildman–Crippen MR) is 75.7 cm³/mol. The molecule has 0 saturated heterocycles. The quantitative estimate of drug-likeness (QED) is 0.703. The molecule has 1 atom stereocenters. The minimum absolute atomic E-state index is 0.0419. The number of amides is 1. The van der Waals surface area contributed by atoms with Gasteiger partial charge in [-0.2, -0.15) is 5.26 Å². The van der Waals surface area contributed by atoms with Gasteiger partial charge < -0.3 is 9.47 Å². The van der Waals surface area contributed by atoms with Gasteiger partial charge in [0.05, 0.1) is 25.7 Å². The Morgan fingerprint density at radius 2 is 2.05 bits per heavy atom. The zero-order valence-electron chi connectivity index (χ0n) is 12.4. The number of nitriles is 1. The second kappa shape index (κ2) is 8.80. The van der Waals surface area contributed by atoms with Gasteiger partial charge in [-0.05, 0) is 25.8 Å². The fraction of sp³-hybridized carbons (Fsp3) is 0.533. The Kier molecular flexibility index (Phi) is 7.02. The van der Waals surface area contributed by atoms with E-state index in [4.69, 9.17) is 14.7 Å². The van der Waals surface area contributed by atoms with Gasteiger partial charge in [0.25, 0.3) is 0 Å². The Morgan fingerprint density at radius 1 is 1.33 bits per heavy atom. The molecule has 6 nitrogen and oxygen atoms in total. The van der Waals surface area contributed by atoms with Crippen LogP contribution in [-0.2, 0) is 14.3 Å². The van der Waals surface area contributed by atoms with Crippen molar-refractivity contribution in [2.75, 3.05) is 13.2 Å². The summed E-state index contributed by atoms with van der Waals surface area (Å²) in [6, 6.07) is 2.09. The lowest BCUT2D eigenvalue weighted by atomic mass is 9.91. The summed E-state index contributed by atoms with van der Waals surface area (Å²) in [4.78, 5) is 24.7. The zero-order chi connectivity index (χ0) is 15.7. The average molecular weight is 292 g/mol. The molecule has 1 aliphatic rings. The highest BCUT2D eigenvalue weighted by Crippen LogP contribution is 2.27. The van der Waals surface area contributed by atoms with Crippen molar-refractivity contribution in [3.63, 3.8) is 0 Å². The highest BCUT2D eigenvalue weighted by atomic mass is 16.6. The van der Waals surface area contributed by atoms with E-state index in [1.807, 2.05) is 6.08 Å². The predicted octanol–water partition coefficient (Wildman–Crippen LogP) is 2.73. The lowest BCUT2D eigenvalue weighted by Crippen LogP contribution is -2.26. The Morgan fingerprint density at radius 3 is 2.67 bits per heavy atom. The zero-order valence-corrected chi connectivity index (χ0v) is 12.4. The van der Waals surface area contributed by atoms with Gasteiger partial charge in [0.1, 0.15) is 0 Å². The average Bonchev–Trinajstić information content (AvgIpc) is 2.46. The first-order chi connectivity index (χ1) is 10.1. The fourth-order valence-electron chi connectivity index (χ4n) is 2.01. The van der Waals surface area contributed by atoms with Crippen LogP contribution in [0.5, 0.6) is 0 Å². The Balaban J connectivity index is 2.82. The molecule has 0 aromatic heterocycles. The van der Waals surface area contributed by atoms with Gasteiger partial charge in [0.15, 0.2) is 0 Å². The second-order valence-corrected chi connectivity index (χ2v) is 4.44. The van der Waals surface area contributed by atoms with E-state index in [-0.39, 0.29) is 24.9 Å². The standard InChI is InChI=1S/C15H20N2O4/c1-3-20-14(18)10-13-11-17(15(19)21-4-2)9-7-12(13)6-5-8-16/h7,9,11-12H,3-6,10H2,1-2H3. The fourth-order valence-corrected chi connectivity index (χ4v) is 2.01. The van der Waals surface area contributed by atoms with E-state index < -0.39 is 6.09 Å². The van der Waals surface area contributed by atoms with Crippen LogP contribution in [0.1, 0.15) is 33.1 Å². The molecule has 0 aromatic carbocycles. The van der Waals surface area contributed by atoms with Gasteiger partial charge in [-0.1, -0.05) is 6.08 Å². The van der Waals surface area contributed by atoms with E-state index in [1.54, 1.807) is 26.2 Å². The Labute approximate surface area is 124 Å². The molecule has 0 aliphatic carbocycles. The molecule has 0 saturated carbocycles. The highest BCUT2D eigenvalue weighted by Gasteiger charge is 2.22. The van der Waals surface area contributed by atoms with E-state index in [1.165, 1.54) is 4.90 Å². The first kappa shape index (κ1) is 16.8. The molecule has 0 radical (unpaired) electrons. The summed E-state index contributed by atoms with van der Waals surface area (Å²) in [7, 11) is 0. The van der Waals surface area contributed by atoms with Crippen molar-refractivity contribution in [3.05, 3.63) is 24.0 Å². The minimum atomic E-state index is -0.492. The van der Waals surface area contributed by atoms with Gasteiger partial charge in [-0.15, -0.1) is 0 Å². The molecule has 0 aromatic rings. The van der Waals surface area contributed by atoms with Crippen molar-refractivity contribution in [1.29, 1.82) is 5.26 Å². The van der Waals surface area contributed by atoms with Crippen LogP contribution in [0.2, 0.25) is 0 Å². The van der Waals surface area contributed by atoms with Crippen molar-refractivity contribution in [2.45, 2.75) is 33.1 Å². The summed E-state index contributed by atoms with van der Waals surface area (Å²) >= 11 is 0. The maximum Gasteiger partial charge on any atom is 0.417 e. The summed E-state index contributed by atoms with van der Waals surface area (Å²) in [6.45, 7) is 4.06. The number of allylic oxidation sites excluding steroid dienone is 1. The van der Waals surface area contributed by atoms with Crippen molar-refractivity contribution in [3.8, 4) is 6.07 Å². The third kappa shape index (κ3) is 5.30. The van der Waals surface area contributed by atoms with E-state index in [0.717, 1.165) is 5.57 Å². The molecule has 114 valence electrons. The Bertz CT molecular complexity index is 477. The van der Waals surface area contributed by atoms with Gasteiger partial charge in [0, 0.05) is 24.7 Å². The third-order valence-electron chi connectivity index (χ3n) is 2.96. The van der Waals surface area contributed by atoms with Gasteiger partial charge in [0.2, 0.25) is 0 Å². The number of carbonyl (C=O) groups is 2. The molecular formula is C15H20N2O4. The summed E-state index contributed by atoms with van der Waals surface area (Å²) in [6.07, 6.45) is 5.61. The van der Waals surface area contributed by atoms with Gasteiger partial charge in [-0.3, -0.25) is 9.69 Å². The van der Waals surface area contributed by atoms with Gasteiger partial charge >= 0.3 is 12.1 Å². The number of hydrogen-bond donors (Lipinski definition) is 0. The maximum absolute atomic E-state index is 11.7. The molecule has 6 heteroatoms. The number of esters is 1. The molecule has 0 bridgehead atoms. The molecule has 0 N–H and O–H groups in total. The number of nitrogens with zero attached hydrogens (tertiary/aromatic N) is 2. The van der Waals surface area contributed by atoms with Crippen LogP contribution in [0, 0.1) is 17.2 Å². The second-order valence-electron chi connectivity index (χ2n) is 4.44. The number of rotatable bonds is 6. The molecule has 1 rings (SSSR count). The summed E-state index contributed by atoms with van der Waals surface area (Å²) < 4.78 is 9.86. The van der Waals surface area contributed by atoms with E-state index in [2.05, 4.69) is 6.07 Å². The SMILES string of the molecule is CCOC(=O)CC1=CN(C(=O)OCC)C=CC1CCC#N. The molecule has 21 heavy (non-hydrogen) atoms. The van der Waals surface area contributed by atoms with Crippen LogP contribution in [0.15, 0.2) is 24.0 Å². The lowest BCUT2D eigenvalue weighted by molar-refractivity contribution is -0.142. The van der Waals surface area contributed by atoms with Crippen molar-refractivity contribution >= 4 is 12.1 Å². The maximum atomic E-state index is 11.7. The summed E-state index contributed by atoms with van der Waals surface area (Å²) in [5.41, 5.74) is 0.749. The topological polar surface area (TPSA) is 79.6 Å². The van der Waals surface area contributed by atoms with Crippen LogP contribution in [0.4, 0.5) is 4.79 Å². The highest BCUT2D eigenvalue weighted by molar-refractivity contribution is 5.74. The van der Waals surface area contributed by atoms with Crippen LogP contribution in [0.3, 0.4) is 0 Å². The smallest absolute Gasteiger partial charge is 0.417 e. The lowest BCUT2D eigenvalue weighted by Gasteiger charge is -2.24. The molecular weight excluding hydrogens is 272 g/mol. The first-order valence-corrected chi connectivity index (χ1v) is 6.98. The Hall–Kier alpha value is -2.29.